The van der Waals surface area contributed by atoms with Crippen LogP contribution in [0.1, 0.15) is 41.7 Å². The van der Waals surface area contributed by atoms with E-state index < -0.39 is 63.7 Å². The topological polar surface area (TPSA) is 70.7 Å². The molecule has 5 rings (SSSR count). The lowest BCUT2D eigenvalue weighted by Crippen LogP contribution is -2.19. The number of aromatic nitrogens is 6. The molecule has 2 heterocycles. The van der Waals surface area contributed by atoms with Crippen molar-refractivity contribution in [3.8, 4) is 45.7 Å². The fraction of sp³-hybridized carbons (Fsp3) is 0.250. The predicted octanol–water partition coefficient (Wildman–Crippen LogP) is 9.03. The van der Waals surface area contributed by atoms with Crippen molar-refractivity contribution in [2.75, 3.05) is 7.11 Å². The van der Waals surface area contributed by atoms with E-state index in [0.29, 0.717) is 24.3 Å². The number of ether oxygens (including phenoxy) is 1. The highest BCUT2D eigenvalue weighted by Crippen LogP contribution is 2.40. The predicted molar refractivity (Wildman–Crippen MR) is 155 cm³/mol. The summed E-state index contributed by atoms with van der Waals surface area (Å²) in [6.07, 6.45) is -18.4. The molecule has 0 aliphatic heterocycles. The van der Waals surface area contributed by atoms with Gasteiger partial charge in [-0.05, 0) is 68.4 Å². The number of methoxy groups -OCH3 is 1. The van der Waals surface area contributed by atoms with Crippen molar-refractivity contribution in [3.63, 3.8) is 0 Å². The number of nitrogens with zero attached hydrogens (tertiary/aromatic N) is 6. The van der Waals surface area contributed by atoms with Crippen molar-refractivity contribution in [2.45, 2.75) is 44.2 Å². The molecule has 0 spiro atoms. The number of halogens is 12. The van der Waals surface area contributed by atoms with E-state index in [0.717, 1.165) is 21.8 Å². The first kappa shape index (κ1) is 36.9. The summed E-state index contributed by atoms with van der Waals surface area (Å²) in [6, 6.07) is 5.94. The molecule has 19 heteroatoms. The molecule has 0 radical (unpaired) electrons. The smallest absolute Gasteiger partial charge is 0.366 e. The first-order valence-electron chi connectivity index (χ1n) is 14.1. The average molecular weight is 733 g/mol. The van der Waals surface area contributed by atoms with E-state index >= 15 is 0 Å². The Bertz CT molecular complexity index is 1950. The molecule has 0 N–H and O–H groups in total. The van der Waals surface area contributed by atoms with Gasteiger partial charge in [0.25, 0.3) is 0 Å². The molecule has 5 aromatic rings. The molecule has 0 bridgehead atoms. The molecule has 7 nitrogen and oxygen atoms in total. The fourth-order valence-electron chi connectivity index (χ4n) is 4.46. The van der Waals surface area contributed by atoms with Gasteiger partial charge in [0.15, 0.2) is 0 Å². The van der Waals surface area contributed by atoms with Gasteiger partial charge in [-0.2, -0.15) is 52.7 Å². The van der Waals surface area contributed by atoms with Crippen molar-refractivity contribution in [1.29, 1.82) is 0 Å². The highest BCUT2D eigenvalue weighted by molar-refractivity contribution is 5.63. The van der Waals surface area contributed by atoms with Crippen LogP contribution in [0.15, 0.2) is 67.0 Å². The Kier molecular flexibility index (Phi) is 9.22. The minimum atomic E-state index is -5.12. The Morgan fingerprint density at radius 2 is 0.882 bits per heavy atom. The maximum absolute atomic E-state index is 13.5. The third-order valence-corrected chi connectivity index (χ3v) is 7.20. The molecule has 51 heavy (non-hydrogen) atoms. The zero-order valence-electron chi connectivity index (χ0n) is 26.0. The third kappa shape index (κ3) is 8.51. The molecule has 3 aromatic carbocycles. The van der Waals surface area contributed by atoms with Gasteiger partial charge in [-0.15, -0.1) is 10.2 Å². The third-order valence-electron chi connectivity index (χ3n) is 7.20. The van der Waals surface area contributed by atoms with Crippen LogP contribution in [0.4, 0.5) is 52.7 Å². The summed E-state index contributed by atoms with van der Waals surface area (Å²) in [5, 5.41) is 15.2. The minimum absolute atomic E-state index is 0.0421. The van der Waals surface area contributed by atoms with Crippen LogP contribution in [0.5, 0.6) is 0 Å². The van der Waals surface area contributed by atoms with Gasteiger partial charge in [0.2, 0.25) is 0 Å². The number of hydrogen-bond acceptors (Lipinski definition) is 5. The van der Waals surface area contributed by atoms with Crippen LogP contribution in [0.25, 0.3) is 33.9 Å². The number of hydrogen-bond donors (Lipinski definition) is 0. The lowest BCUT2D eigenvalue weighted by atomic mass is 10.0. The SMILES string of the molecule is COC(C)(C)C#Cc1cc(-n2cc(-c3cc(C(F)(F)F)cc(C(F)(F)F)c3)nn2)cc(-n2cc(-c3cc(C(F)(F)F)cc(C(F)(F)F)c3)nn2)c1. The molecule has 0 saturated heterocycles. The monoisotopic (exact) mass is 732 g/mol. The molecule has 0 saturated carbocycles. The maximum atomic E-state index is 13.5. The van der Waals surface area contributed by atoms with Crippen molar-refractivity contribution in [1.82, 2.24) is 30.0 Å². The van der Waals surface area contributed by atoms with Crippen LogP contribution >= 0.6 is 0 Å². The van der Waals surface area contributed by atoms with Crippen molar-refractivity contribution < 1.29 is 57.4 Å². The highest BCUT2D eigenvalue weighted by Gasteiger charge is 2.38. The molecular weight excluding hydrogens is 712 g/mol. The molecule has 0 fully saturated rings. The Hall–Kier alpha value is -5.38. The number of rotatable bonds is 5. The molecule has 0 aliphatic carbocycles. The second kappa shape index (κ2) is 12.7. The molecule has 0 atom stereocenters. The molecule has 0 unspecified atom stereocenters. The van der Waals surface area contributed by atoms with Gasteiger partial charge < -0.3 is 4.74 Å². The number of alkyl halides is 12. The van der Waals surface area contributed by atoms with Crippen LogP contribution < -0.4 is 0 Å². The molecule has 2 aromatic heterocycles. The van der Waals surface area contributed by atoms with Gasteiger partial charge in [-0.1, -0.05) is 22.3 Å². The summed E-state index contributed by atoms with van der Waals surface area (Å²) in [4.78, 5) is 0. The summed E-state index contributed by atoms with van der Waals surface area (Å²) < 4.78 is 169. The zero-order valence-corrected chi connectivity index (χ0v) is 26.0. The van der Waals surface area contributed by atoms with E-state index in [2.05, 4.69) is 32.5 Å². The molecular formula is C32H20F12N6O. The second-order valence-electron chi connectivity index (χ2n) is 11.4. The van der Waals surface area contributed by atoms with E-state index in [4.69, 9.17) is 4.74 Å². The van der Waals surface area contributed by atoms with Crippen molar-refractivity contribution >= 4 is 0 Å². The first-order valence-corrected chi connectivity index (χ1v) is 14.1. The van der Waals surface area contributed by atoms with Crippen LogP contribution in [-0.4, -0.2) is 42.7 Å². The zero-order chi connectivity index (χ0) is 37.7. The van der Waals surface area contributed by atoms with E-state index in [9.17, 15) is 52.7 Å². The summed E-state index contributed by atoms with van der Waals surface area (Å²) in [5.41, 5.74) is -8.79. The van der Waals surface area contributed by atoms with E-state index in [1.165, 1.54) is 25.3 Å². The van der Waals surface area contributed by atoms with E-state index in [1.807, 2.05) is 0 Å². The van der Waals surface area contributed by atoms with Crippen molar-refractivity contribution in [3.05, 3.63) is 94.8 Å². The maximum Gasteiger partial charge on any atom is 0.416 e. The van der Waals surface area contributed by atoms with E-state index in [1.54, 1.807) is 13.8 Å². The molecule has 0 aliphatic rings. The van der Waals surface area contributed by atoms with Gasteiger partial charge >= 0.3 is 24.7 Å². The van der Waals surface area contributed by atoms with Gasteiger partial charge in [-0.3, -0.25) is 0 Å². The minimum Gasteiger partial charge on any atom is -0.366 e. The van der Waals surface area contributed by atoms with Crippen LogP contribution in [0, 0.1) is 11.8 Å². The van der Waals surface area contributed by atoms with Crippen LogP contribution in [0.2, 0.25) is 0 Å². The van der Waals surface area contributed by atoms with E-state index in [-0.39, 0.29) is 40.5 Å². The first-order chi connectivity index (χ1) is 23.4. The van der Waals surface area contributed by atoms with Gasteiger partial charge in [0.05, 0.1) is 46.0 Å². The quantitative estimate of drug-likeness (QED) is 0.133. The van der Waals surface area contributed by atoms with Gasteiger partial charge in [-0.25, -0.2) is 9.36 Å². The summed E-state index contributed by atoms with van der Waals surface area (Å²) in [5.74, 6) is 5.67. The summed E-state index contributed by atoms with van der Waals surface area (Å²) in [6.45, 7) is 3.26. The Morgan fingerprint density at radius 3 is 1.20 bits per heavy atom. The number of benzene rings is 3. The Labute approximate surface area is 279 Å². The standard InChI is InChI=1S/C32H20F12N6O/c1-28(2,51-3)5-4-17-6-24(49-15-26(45-47-49)18-8-20(29(33,34)35)12-21(9-18)30(36,37)38)14-25(7-17)50-16-27(46-48-50)19-10-22(31(39,40)41)13-23(11-19)32(42,43)44/h6-16H,1-3H3. The molecule has 268 valence electrons. The van der Waals surface area contributed by atoms with Crippen molar-refractivity contribution in [2.24, 2.45) is 0 Å². The van der Waals surface area contributed by atoms with Gasteiger partial charge in [0, 0.05) is 23.8 Å². The second-order valence-corrected chi connectivity index (χ2v) is 11.4. The largest absolute Gasteiger partial charge is 0.416 e. The average Bonchev–Trinajstić information content (AvgIpc) is 3.73. The van der Waals surface area contributed by atoms with Gasteiger partial charge in [0.1, 0.15) is 17.0 Å². The summed E-state index contributed by atoms with van der Waals surface area (Å²) >= 11 is 0. The Morgan fingerprint density at radius 1 is 0.529 bits per heavy atom. The highest BCUT2D eigenvalue weighted by atomic mass is 19.4. The van der Waals surface area contributed by atoms with Crippen LogP contribution in [-0.2, 0) is 29.4 Å². The lowest BCUT2D eigenvalue weighted by molar-refractivity contribution is -0.144. The fourth-order valence-corrected chi connectivity index (χ4v) is 4.46. The lowest BCUT2D eigenvalue weighted by Gasteiger charge is -2.14. The summed E-state index contributed by atoms with van der Waals surface area (Å²) in [7, 11) is 1.39. The normalized spacial score (nSPS) is 12.9. The van der Waals surface area contributed by atoms with Crippen LogP contribution in [0.3, 0.4) is 0 Å². The Balaban J connectivity index is 1.62. The molecule has 0 amide bonds.